The summed E-state index contributed by atoms with van der Waals surface area (Å²) < 4.78 is 1.59. The van der Waals surface area contributed by atoms with Crippen molar-refractivity contribution in [2.45, 2.75) is 32.2 Å². The third-order valence-corrected chi connectivity index (χ3v) is 3.15. The molecule has 1 aromatic heterocycles. The van der Waals surface area contributed by atoms with Crippen molar-refractivity contribution in [1.82, 2.24) is 15.1 Å². The summed E-state index contributed by atoms with van der Waals surface area (Å²) in [5, 5.41) is 15.3. The maximum Gasteiger partial charge on any atom is 0.303 e. The molecule has 0 saturated heterocycles. The lowest BCUT2D eigenvalue weighted by molar-refractivity contribution is -0.137. The Bertz CT molecular complexity index is 458. The average molecular weight is 282 g/mol. The topological polar surface area (TPSA) is 110 Å². The standard InChI is InChI=1S/C13H22N4O3/c1-9(3-4-11(18)19)5-6-15-13(20)12(14)10-7-16-17(2)8-10/h7-9,12H,3-6,14H2,1-2H3,(H,15,20)(H,18,19). The number of aliphatic carboxylic acids is 1. The molecule has 20 heavy (non-hydrogen) atoms. The summed E-state index contributed by atoms with van der Waals surface area (Å²) in [4.78, 5) is 22.3. The zero-order valence-electron chi connectivity index (χ0n) is 11.9. The van der Waals surface area contributed by atoms with Crippen LogP contribution in [-0.4, -0.2) is 33.3 Å². The number of carbonyl (C=O) groups is 2. The summed E-state index contributed by atoms with van der Waals surface area (Å²) in [6.07, 6.45) is 4.78. The van der Waals surface area contributed by atoms with Crippen LogP contribution < -0.4 is 11.1 Å². The van der Waals surface area contributed by atoms with Gasteiger partial charge in [0.25, 0.3) is 0 Å². The Hall–Kier alpha value is -1.89. The fraction of sp³-hybridized carbons (Fsp3) is 0.615. The second-order valence-electron chi connectivity index (χ2n) is 5.04. The first-order valence-corrected chi connectivity index (χ1v) is 6.63. The molecule has 112 valence electrons. The van der Waals surface area contributed by atoms with Gasteiger partial charge in [0.1, 0.15) is 6.04 Å². The van der Waals surface area contributed by atoms with Crippen molar-refractivity contribution >= 4 is 11.9 Å². The molecule has 2 unspecified atom stereocenters. The van der Waals surface area contributed by atoms with Crippen LogP contribution in [0.5, 0.6) is 0 Å². The number of hydrogen-bond donors (Lipinski definition) is 3. The van der Waals surface area contributed by atoms with Crippen LogP contribution in [0.25, 0.3) is 0 Å². The summed E-state index contributed by atoms with van der Waals surface area (Å²) >= 11 is 0. The predicted molar refractivity (Wildman–Crippen MR) is 73.8 cm³/mol. The predicted octanol–water partition coefficient (Wildman–Crippen LogP) is 0.427. The molecule has 0 aliphatic heterocycles. The van der Waals surface area contributed by atoms with Gasteiger partial charge in [-0.1, -0.05) is 6.92 Å². The van der Waals surface area contributed by atoms with Crippen molar-refractivity contribution in [3.63, 3.8) is 0 Å². The largest absolute Gasteiger partial charge is 0.481 e. The van der Waals surface area contributed by atoms with E-state index in [0.29, 0.717) is 18.5 Å². The number of nitrogens with zero attached hydrogens (tertiary/aromatic N) is 2. The number of carboxylic acid groups (broad SMARTS) is 1. The van der Waals surface area contributed by atoms with E-state index in [1.54, 1.807) is 24.1 Å². The molecule has 0 radical (unpaired) electrons. The van der Waals surface area contributed by atoms with Crippen LogP contribution >= 0.6 is 0 Å². The van der Waals surface area contributed by atoms with Gasteiger partial charge in [-0.3, -0.25) is 14.3 Å². The van der Waals surface area contributed by atoms with Crippen LogP contribution in [0.2, 0.25) is 0 Å². The SMILES string of the molecule is CC(CCNC(=O)C(N)c1cnn(C)c1)CCC(=O)O. The van der Waals surface area contributed by atoms with E-state index >= 15 is 0 Å². The van der Waals surface area contributed by atoms with Crippen molar-refractivity contribution in [3.05, 3.63) is 18.0 Å². The average Bonchev–Trinajstić information content (AvgIpc) is 2.82. The van der Waals surface area contributed by atoms with E-state index in [1.165, 1.54) is 0 Å². The van der Waals surface area contributed by atoms with E-state index in [9.17, 15) is 9.59 Å². The minimum absolute atomic E-state index is 0.157. The van der Waals surface area contributed by atoms with E-state index in [-0.39, 0.29) is 18.2 Å². The Balaban J connectivity index is 2.27. The van der Waals surface area contributed by atoms with E-state index in [2.05, 4.69) is 10.4 Å². The molecule has 0 aliphatic carbocycles. The van der Waals surface area contributed by atoms with Gasteiger partial charge in [0.15, 0.2) is 0 Å². The van der Waals surface area contributed by atoms with E-state index in [1.807, 2.05) is 6.92 Å². The quantitative estimate of drug-likeness (QED) is 0.640. The maximum absolute atomic E-state index is 11.8. The highest BCUT2D eigenvalue weighted by Crippen LogP contribution is 2.11. The highest BCUT2D eigenvalue weighted by atomic mass is 16.4. The third kappa shape index (κ3) is 5.40. The molecule has 7 nitrogen and oxygen atoms in total. The molecule has 1 aromatic rings. The molecule has 1 amide bonds. The molecule has 0 saturated carbocycles. The van der Waals surface area contributed by atoms with E-state index < -0.39 is 12.0 Å². The molecule has 0 fully saturated rings. The summed E-state index contributed by atoms with van der Waals surface area (Å²) in [7, 11) is 1.76. The number of carboxylic acids is 1. The molecule has 2 atom stereocenters. The molecule has 1 heterocycles. The number of carbonyl (C=O) groups excluding carboxylic acids is 1. The van der Waals surface area contributed by atoms with Gasteiger partial charge in [-0.25, -0.2) is 0 Å². The van der Waals surface area contributed by atoms with Gasteiger partial charge >= 0.3 is 5.97 Å². The minimum Gasteiger partial charge on any atom is -0.481 e. The lowest BCUT2D eigenvalue weighted by Crippen LogP contribution is -2.35. The van der Waals surface area contributed by atoms with E-state index in [4.69, 9.17) is 10.8 Å². The van der Waals surface area contributed by atoms with Crippen molar-refractivity contribution < 1.29 is 14.7 Å². The molecule has 4 N–H and O–H groups in total. The monoisotopic (exact) mass is 282 g/mol. The van der Waals surface area contributed by atoms with Crippen molar-refractivity contribution in [3.8, 4) is 0 Å². The number of rotatable bonds is 8. The summed E-state index contributed by atoms with van der Waals surface area (Å²) in [6.45, 7) is 2.46. The number of nitrogens with one attached hydrogen (secondary N) is 1. The van der Waals surface area contributed by atoms with Crippen molar-refractivity contribution in [2.75, 3.05) is 6.54 Å². The Morgan fingerprint density at radius 2 is 2.20 bits per heavy atom. The number of aryl methyl sites for hydroxylation is 1. The van der Waals surface area contributed by atoms with Crippen LogP contribution in [0.4, 0.5) is 0 Å². The molecule has 7 heteroatoms. The first-order valence-electron chi connectivity index (χ1n) is 6.63. The van der Waals surface area contributed by atoms with Crippen LogP contribution in [0.15, 0.2) is 12.4 Å². The molecule has 0 spiro atoms. The highest BCUT2D eigenvalue weighted by Gasteiger charge is 2.17. The first-order chi connectivity index (χ1) is 9.40. The van der Waals surface area contributed by atoms with Crippen LogP contribution in [0.1, 0.15) is 37.8 Å². The van der Waals surface area contributed by atoms with Crippen LogP contribution in [-0.2, 0) is 16.6 Å². The number of aromatic nitrogens is 2. The number of hydrogen-bond acceptors (Lipinski definition) is 4. The smallest absolute Gasteiger partial charge is 0.303 e. The lowest BCUT2D eigenvalue weighted by Gasteiger charge is -2.13. The molecule has 0 aliphatic rings. The van der Waals surface area contributed by atoms with Gasteiger partial charge in [-0.05, 0) is 18.8 Å². The third-order valence-electron chi connectivity index (χ3n) is 3.15. The van der Waals surface area contributed by atoms with Gasteiger partial charge in [0.2, 0.25) is 5.91 Å². The fourth-order valence-corrected chi connectivity index (χ4v) is 1.82. The molecular weight excluding hydrogens is 260 g/mol. The zero-order chi connectivity index (χ0) is 15.1. The molecule has 0 bridgehead atoms. The fourth-order valence-electron chi connectivity index (χ4n) is 1.82. The maximum atomic E-state index is 11.8. The first kappa shape index (κ1) is 16.2. The summed E-state index contributed by atoms with van der Waals surface area (Å²) in [6, 6.07) is -0.724. The second-order valence-corrected chi connectivity index (χ2v) is 5.04. The van der Waals surface area contributed by atoms with Crippen molar-refractivity contribution in [1.29, 1.82) is 0 Å². The Kier molecular flexibility index (Phi) is 6.17. The Morgan fingerprint density at radius 1 is 1.50 bits per heavy atom. The number of nitrogens with two attached hydrogens (primary N) is 1. The Morgan fingerprint density at radius 3 is 2.75 bits per heavy atom. The van der Waals surface area contributed by atoms with Gasteiger partial charge < -0.3 is 16.2 Å². The summed E-state index contributed by atoms with van der Waals surface area (Å²) in [5.41, 5.74) is 6.49. The minimum atomic E-state index is -0.792. The van der Waals surface area contributed by atoms with Crippen LogP contribution in [0.3, 0.4) is 0 Å². The lowest BCUT2D eigenvalue weighted by atomic mass is 10.0. The zero-order valence-corrected chi connectivity index (χ0v) is 11.9. The van der Waals surface area contributed by atoms with Gasteiger partial charge in [0.05, 0.1) is 6.20 Å². The van der Waals surface area contributed by atoms with Crippen molar-refractivity contribution in [2.24, 2.45) is 18.7 Å². The highest BCUT2D eigenvalue weighted by molar-refractivity contribution is 5.82. The normalized spacial score (nSPS) is 13.8. The Labute approximate surface area is 118 Å². The second kappa shape index (κ2) is 7.64. The summed E-state index contributed by atoms with van der Waals surface area (Å²) in [5.74, 6) is -0.788. The van der Waals surface area contributed by atoms with Gasteiger partial charge in [-0.15, -0.1) is 0 Å². The molecule has 1 rings (SSSR count). The number of amides is 1. The van der Waals surface area contributed by atoms with Gasteiger partial charge in [-0.2, -0.15) is 5.10 Å². The molecule has 0 aromatic carbocycles. The van der Waals surface area contributed by atoms with E-state index in [0.717, 1.165) is 6.42 Å². The van der Waals surface area contributed by atoms with Gasteiger partial charge in [0, 0.05) is 31.8 Å². The van der Waals surface area contributed by atoms with Crippen LogP contribution in [0, 0.1) is 5.92 Å². The molecular formula is C13H22N4O3.